The van der Waals surface area contributed by atoms with E-state index >= 15 is 0 Å². The number of rotatable bonds is 6. The molecule has 0 bridgehead atoms. The second-order valence-electron chi connectivity index (χ2n) is 7.18. The predicted octanol–water partition coefficient (Wildman–Crippen LogP) is 0.501. The highest BCUT2D eigenvalue weighted by Crippen LogP contribution is 2.16. The largest absolute Gasteiger partial charge is 0.345 e. The molecule has 1 amide bonds. The Hall–Kier alpha value is -1.88. The van der Waals surface area contributed by atoms with Crippen molar-refractivity contribution < 1.29 is 14.6 Å². The van der Waals surface area contributed by atoms with Crippen molar-refractivity contribution in [2.24, 2.45) is 0 Å². The fraction of sp³-hybridized carbons (Fsp3) is 0.381. The fourth-order valence-corrected chi connectivity index (χ4v) is 3.77. The number of carbonyl (C=O) groups excluding carboxylic acids is 1. The van der Waals surface area contributed by atoms with Crippen molar-refractivity contribution in [2.75, 3.05) is 32.7 Å². The van der Waals surface area contributed by atoms with Gasteiger partial charge in [-0.25, -0.2) is 0 Å². The maximum Gasteiger partial charge on any atom is 0.275 e. The maximum atomic E-state index is 12.4. The molecule has 1 aliphatic rings. The van der Waals surface area contributed by atoms with E-state index < -0.39 is 0 Å². The van der Waals surface area contributed by atoms with Gasteiger partial charge in [-0.2, -0.15) is 0 Å². The summed E-state index contributed by atoms with van der Waals surface area (Å²) >= 11 is 6.03. The van der Waals surface area contributed by atoms with Crippen molar-refractivity contribution >= 4 is 17.5 Å². The van der Waals surface area contributed by atoms with Gasteiger partial charge in [-0.3, -0.25) is 4.79 Å². The number of hydrogen-bond acceptors (Lipinski definition) is 1. The van der Waals surface area contributed by atoms with Crippen LogP contribution in [0.3, 0.4) is 0 Å². The Kier molecular flexibility index (Phi) is 6.67. The molecule has 2 aromatic carbocycles. The van der Waals surface area contributed by atoms with E-state index in [9.17, 15) is 4.79 Å². The van der Waals surface area contributed by atoms with Gasteiger partial charge in [0.2, 0.25) is 0 Å². The first-order chi connectivity index (χ1) is 12.6. The van der Waals surface area contributed by atoms with Crippen LogP contribution in [-0.4, -0.2) is 38.6 Å². The summed E-state index contributed by atoms with van der Waals surface area (Å²) in [6.45, 7) is 7.93. The molecule has 3 N–H and O–H groups in total. The average molecular weight is 374 g/mol. The van der Waals surface area contributed by atoms with Gasteiger partial charge < -0.3 is 15.1 Å². The molecule has 1 atom stereocenters. The van der Waals surface area contributed by atoms with Crippen molar-refractivity contribution in [3.63, 3.8) is 0 Å². The second-order valence-corrected chi connectivity index (χ2v) is 7.62. The van der Waals surface area contributed by atoms with Gasteiger partial charge in [0.25, 0.3) is 5.91 Å². The minimum absolute atomic E-state index is 0.0226. The number of quaternary nitrogens is 2. The van der Waals surface area contributed by atoms with Crippen LogP contribution in [0.4, 0.5) is 0 Å². The lowest BCUT2D eigenvalue weighted by Crippen LogP contribution is -3.28. The molecule has 1 aliphatic heterocycles. The van der Waals surface area contributed by atoms with Crippen LogP contribution in [-0.2, 0) is 11.3 Å². The zero-order chi connectivity index (χ0) is 18.4. The number of benzene rings is 2. The molecule has 5 heteroatoms. The van der Waals surface area contributed by atoms with Gasteiger partial charge in [-0.05, 0) is 24.6 Å². The summed E-state index contributed by atoms with van der Waals surface area (Å²) in [4.78, 5) is 15.4. The minimum Gasteiger partial charge on any atom is -0.345 e. The average Bonchev–Trinajstić information content (AvgIpc) is 2.64. The van der Waals surface area contributed by atoms with Gasteiger partial charge in [-0.15, -0.1) is 0 Å². The van der Waals surface area contributed by atoms with Crippen molar-refractivity contribution in [3.05, 3.63) is 70.7 Å². The summed E-state index contributed by atoms with van der Waals surface area (Å²) in [5.41, 5.74) is 2.43. The molecule has 0 spiro atoms. The molecular formula is C21H28ClN3O+2. The van der Waals surface area contributed by atoms with E-state index in [1.54, 1.807) is 4.90 Å². The van der Waals surface area contributed by atoms with Crippen LogP contribution >= 0.6 is 11.6 Å². The van der Waals surface area contributed by atoms with E-state index in [1.165, 1.54) is 10.5 Å². The number of nitrogens with one attached hydrogen (secondary N) is 3. The number of amides is 1. The lowest BCUT2D eigenvalue weighted by atomic mass is 10.1. The lowest BCUT2D eigenvalue weighted by molar-refractivity contribution is -1.02. The summed E-state index contributed by atoms with van der Waals surface area (Å²) in [5, 5.41) is 3.80. The Balaban J connectivity index is 1.42. The zero-order valence-corrected chi connectivity index (χ0v) is 16.1. The van der Waals surface area contributed by atoms with Gasteiger partial charge in [0.1, 0.15) is 32.7 Å². The molecule has 2 aromatic rings. The third kappa shape index (κ3) is 5.56. The number of piperazine rings is 1. The quantitative estimate of drug-likeness (QED) is 0.678. The maximum absolute atomic E-state index is 12.4. The van der Waals surface area contributed by atoms with Gasteiger partial charge in [0.05, 0.1) is 6.04 Å². The predicted molar refractivity (Wildman–Crippen MR) is 104 cm³/mol. The third-order valence-corrected chi connectivity index (χ3v) is 5.33. The van der Waals surface area contributed by atoms with Crippen molar-refractivity contribution in [2.45, 2.75) is 19.5 Å². The molecule has 138 valence electrons. The van der Waals surface area contributed by atoms with Gasteiger partial charge >= 0.3 is 0 Å². The molecule has 0 saturated carbocycles. The molecule has 0 unspecified atom stereocenters. The van der Waals surface area contributed by atoms with Crippen LogP contribution in [0.5, 0.6) is 0 Å². The van der Waals surface area contributed by atoms with E-state index in [2.05, 4.69) is 35.6 Å². The number of hydrogen-bond donors (Lipinski definition) is 3. The lowest BCUT2D eigenvalue weighted by Gasteiger charge is -2.29. The normalized spacial score (nSPS) is 21.2. The van der Waals surface area contributed by atoms with Crippen LogP contribution < -0.4 is 15.1 Å². The third-order valence-electron chi connectivity index (χ3n) is 5.10. The molecule has 1 saturated heterocycles. The molecule has 1 fully saturated rings. The van der Waals surface area contributed by atoms with Crippen LogP contribution in [0.25, 0.3) is 0 Å². The zero-order valence-electron chi connectivity index (χ0n) is 15.3. The van der Waals surface area contributed by atoms with Crippen molar-refractivity contribution in [3.8, 4) is 0 Å². The molecule has 0 radical (unpaired) electrons. The van der Waals surface area contributed by atoms with Crippen LogP contribution in [0.15, 0.2) is 54.6 Å². The van der Waals surface area contributed by atoms with E-state index in [0.29, 0.717) is 11.6 Å². The topological polar surface area (TPSA) is 38.0 Å². The van der Waals surface area contributed by atoms with Gasteiger partial charge in [0, 0.05) is 10.6 Å². The Bertz CT molecular complexity index is 714. The van der Waals surface area contributed by atoms with E-state index in [-0.39, 0.29) is 11.9 Å². The minimum atomic E-state index is -0.0226. The van der Waals surface area contributed by atoms with Gasteiger partial charge in [-0.1, -0.05) is 54.1 Å². The molecular weight excluding hydrogens is 346 g/mol. The number of carbonyl (C=O) groups is 1. The van der Waals surface area contributed by atoms with E-state index in [0.717, 1.165) is 38.3 Å². The van der Waals surface area contributed by atoms with E-state index in [4.69, 9.17) is 11.6 Å². The Labute approximate surface area is 160 Å². The number of halogens is 1. The van der Waals surface area contributed by atoms with Crippen molar-refractivity contribution in [1.29, 1.82) is 0 Å². The SMILES string of the molecule is C[C@H](NC(=O)C[NH+]1CC[NH+](Cc2ccccc2)CC1)c1cccc(Cl)c1. The van der Waals surface area contributed by atoms with Gasteiger partial charge in [0.15, 0.2) is 6.54 Å². The summed E-state index contributed by atoms with van der Waals surface area (Å²) in [6.07, 6.45) is 0. The summed E-state index contributed by atoms with van der Waals surface area (Å²) < 4.78 is 0. The van der Waals surface area contributed by atoms with E-state index in [1.807, 2.05) is 31.2 Å². The van der Waals surface area contributed by atoms with Crippen LogP contribution in [0, 0.1) is 0 Å². The smallest absolute Gasteiger partial charge is 0.275 e. The molecule has 0 aliphatic carbocycles. The Morgan fingerprint density at radius 1 is 1.04 bits per heavy atom. The Morgan fingerprint density at radius 2 is 1.73 bits per heavy atom. The first-order valence-electron chi connectivity index (χ1n) is 9.36. The summed E-state index contributed by atoms with van der Waals surface area (Å²) in [6, 6.07) is 18.3. The standard InChI is InChI=1S/C21H26ClN3O/c1-17(19-8-5-9-20(22)14-19)23-21(26)16-25-12-10-24(11-13-25)15-18-6-3-2-4-7-18/h2-9,14,17H,10-13,15-16H2,1H3,(H,23,26)/p+2/t17-/m0/s1. The first-order valence-corrected chi connectivity index (χ1v) is 9.74. The summed E-state index contributed by atoms with van der Waals surface area (Å²) in [5.74, 6) is 0.110. The molecule has 4 nitrogen and oxygen atoms in total. The molecule has 3 rings (SSSR count). The Morgan fingerprint density at radius 3 is 2.42 bits per heavy atom. The second kappa shape index (κ2) is 9.17. The monoisotopic (exact) mass is 373 g/mol. The first kappa shape index (κ1) is 18.9. The summed E-state index contributed by atoms with van der Waals surface area (Å²) in [7, 11) is 0. The van der Waals surface area contributed by atoms with Crippen molar-refractivity contribution in [1.82, 2.24) is 5.32 Å². The van der Waals surface area contributed by atoms with Crippen LogP contribution in [0.1, 0.15) is 24.1 Å². The molecule has 1 heterocycles. The fourth-order valence-electron chi connectivity index (χ4n) is 3.57. The molecule has 26 heavy (non-hydrogen) atoms. The van der Waals surface area contributed by atoms with Crippen LogP contribution in [0.2, 0.25) is 5.02 Å². The highest BCUT2D eigenvalue weighted by atomic mass is 35.5. The highest BCUT2D eigenvalue weighted by Gasteiger charge is 2.25. The molecule has 0 aromatic heterocycles. The highest BCUT2D eigenvalue weighted by molar-refractivity contribution is 6.30.